The van der Waals surface area contributed by atoms with Crippen molar-refractivity contribution in [2.75, 3.05) is 19.8 Å². The van der Waals surface area contributed by atoms with Gasteiger partial charge in [0.1, 0.15) is 0 Å². The summed E-state index contributed by atoms with van der Waals surface area (Å²) in [5.74, 6) is 0.874. The quantitative estimate of drug-likeness (QED) is 0.468. The summed E-state index contributed by atoms with van der Waals surface area (Å²) in [6.07, 6.45) is 2.12. The molecule has 0 aromatic carbocycles. The van der Waals surface area contributed by atoms with Crippen LogP contribution in [0.4, 0.5) is 0 Å². The van der Waals surface area contributed by atoms with Crippen molar-refractivity contribution in [1.82, 2.24) is 10.6 Å². The van der Waals surface area contributed by atoms with Crippen LogP contribution in [0.15, 0.2) is 4.99 Å². The van der Waals surface area contributed by atoms with Gasteiger partial charge in [0.15, 0.2) is 5.96 Å². The lowest BCUT2D eigenvalue weighted by Gasteiger charge is -2.24. The lowest BCUT2D eigenvalue weighted by Crippen LogP contribution is -2.48. The van der Waals surface area contributed by atoms with E-state index < -0.39 is 0 Å². The van der Waals surface area contributed by atoms with Crippen molar-refractivity contribution in [3.8, 4) is 0 Å². The maximum atomic E-state index is 4.16. The standard InChI is InChI=1S/C10H23N3S.HI/c1-8(14-6)7-12-9(11-5)13-10(2,3)4;/h8H,7H2,1-6H3,(H2,11,12,13);1H. The first-order valence-corrected chi connectivity index (χ1v) is 6.19. The van der Waals surface area contributed by atoms with E-state index in [1.165, 1.54) is 0 Å². The molecule has 0 saturated carbocycles. The van der Waals surface area contributed by atoms with Crippen LogP contribution in [0, 0.1) is 0 Å². The molecular weight excluding hydrogens is 321 g/mol. The van der Waals surface area contributed by atoms with E-state index in [1.54, 1.807) is 7.05 Å². The molecule has 0 fully saturated rings. The molecular formula is C10H24IN3S. The van der Waals surface area contributed by atoms with Gasteiger partial charge in [-0.15, -0.1) is 24.0 Å². The number of nitrogens with one attached hydrogen (secondary N) is 2. The molecule has 0 aliphatic heterocycles. The van der Waals surface area contributed by atoms with Crippen LogP contribution < -0.4 is 10.6 Å². The average Bonchev–Trinajstić information content (AvgIpc) is 2.09. The highest BCUT2D eigenvalue weighted by atomic mass is 127. The number of hydrogen-bond acceptors (Lipinski definition) is 2. The normalized spacial score (nSPS) is 14.1. The molecule has 1 atom stereocenters. The van der Waals surface area contributed by atoms with E-state index in [9.17, 15) is 0 Å². The predicted molar refractivity (Wildman–Crippen MR) is 82.6 cm³/mol. The summed E-state index contributed by atoms with van der Waals surface area (Å²) < 4.78 is 0. The third kappa shape index (κ3) is 10.6. The molecule has 0 saturated heterocycles. The van der Waals surface area contributed by atoms with Crippen molar-refractivity contribution in [2.45, 2.75) is 38.5 Å². The molecule has 0 aromatic heterocycles. The van der Waals surface area contributed by atoms with Crippen LogP contribution in [-0.2, 0) is 0 Å². The fraction of sp³-hybridized carbons (Fsp3) is 0.900. The van der Waals surface area contributed by atoms with Gasteiger partial charge in [0.25, 0.3) is 0 Å². The van der Waals surface area contributed by atoms with Gasteiger partial charge < -0.3 is 10.6 Å². The van der Waals surface area contributed by atoms with E-state index in [0.29, 0.717) is 5.25 Å². The number of guanidine groups is 1. The maximum absolute atomic E-state index is 4.16. The third-order valence-electron chi connectivity index (χ3n) is 1.68. The minimum absolute atomic E-state index is 0. The SMILES string of the molecule is CN=C(NCC(C)SC)NC(C)(C)C.I. The highest BCUT2D eigenvalue weighted by Crippen LogP contribution is 2.03. The number of aliphatic imine (C=N–C) groups is 1. The first-order valence-electron chi connectivity index (χ1n) is 4.90. The average molecular weight is 345 g/mol. The zero-order valence-electron chi connectivity index (χ0n) is 10.5. The summed E-state index contributed by atoms with van der Waals surface area (Å²) in [6, 6.07) is 0. The van der Waals surface area contributed by atoms with Crippen LogP contribution in [-0.4, -0.2) is 36.6 Å². The van der Waals surface area contributed by atoms with Gasteiger partial charge in [0.2, 0.25) is 0 Å². The Balaban J connectivity index is 0. The molecule has 0 spiro atoms. The van der Waals surface area contributed by atoms with E-state index in [2.05, 4.69) is 49.6 Å². The summed E-state index contributed by atoms with van der Waals surface area (Å²) in [6.45, 7) is 9.51. The second-order valence-electron chi connectivity index (χ2n) is 4.37. The molecule has 0 radical (unpaired) electrons. The number of hydrogen-bond donors (Lipinski definition) is 2. The first kappa shape index (κ1) is 17.7. The van der Waals surface area contributed by atoms with E-state index in [4.69, 9.17) is 0 Å². The third-order valence-corrected chi connectivity index (χ3v) is 2.65. The lowest BCUT2D eigenvalue weighted by molar-refractivity contribution is 0.501. The summed E-state index contributed by atoms with van der Waals surface area (Å²) >= 11 is 1.85. The van der Waals surface area contributed by atoms with Gasteiger partial charge in [-0.2, -0.15) is 11.8 Å². The van der Waals surface area contributed by atoms with Crippen molar-refractivity contribution in [3.63, 3.8) is 0 Å². The van der Waals surface area contributed by atoms with Crippen molar-refractivity contribution >= 4 is 41.7 Å². The molecule has 0 bridgehead atoms. The Kier molecular flexibility index (Phi) is 10.0. The van der Waals surface area contributed by atoms with Crippen LogP contribution in [0.25, 0.3) is 0 Å². The Morgan fingerprint density at radius 1 is 1.40 bits per heavy atom. The number of rotatable bonds is 3. The van der Waals surface area contributed by atoms with Crippen molar-refractivity contribution in [2.24, 2.45) is 4.99 Å². The maximum Gasteiger partial charge on any atom is 0.191 e. The smallest absolute Gasteiger partial charge is 0.191 e. The van der Waals surface area contributed by atoms with Gasteiger partial charge >= 0.3 is 0 Å². The molecule has 1 unspecified atom stereocenters. The molecule has 3 nitrogen and oxygen atoms in total. The molecule has 92 valence electrons. The van der Waals surface area contributed by atoms with E-state index in [-0.39, 0.29) is 29.5 Å². The van der Waals surface area contributed by atoms with Gasteiger partial charge in [-0.05, 0) is 27.0 Å². The van der Waals surface area contributed by atoms with E-state index >= 15 is 0 Å². The highest BCUT2D eigenvalue weighted by molar-refractivity contribution is 14.0. The summed E-state index contributed by atoms with van der Waals surface area (Å²) in [4.78, 5) is 4.16. The lowest BCUT2D eigenvalue weighted by atomic mass is 10.1. The zero-order valence-corrected chi connectivity index (χ0v) is 13.7. The molecule has 0 rings (SSSR count). The Morgan fingerprint density at radius 3 is 2.27 bits per heavy atom. The Labute approximate surface area is 115 Å². The van der Waals surface area contributed by atoms with E-state index in [0.717, 1.165) is 12.5 Å². The van der Waals surface area contributed by atoms with Gasteiger partial charge in [-0.25, -0.2) is 0 Å². The molecule has 0 aliphatic carbocycles. The van der Waals surface area contributed by atoms with Gasteiger partial charge in [-0.3, -0.25) is 4.99 Å². The summed E-state index contributed by atoms with van der Waals surface area (Å²) in [5.41, 5.74) is 0.0600. The molecule has 0 amide bonds. The van der Waals surface area contributed by atoms with Crippen molar-refractivity contribution in [1.29, 1.82) is 0 Å². The van der Waals surface area contributed by atoms with Crippen LogP contribution in [0.3, 0.4) is 0 Å². The number of nitrogens with zero attached hydrogens (tertiary/aromatic N) is 1. The molecule has 5 heteroatoms. The van der Waals surface area contributed by atoms with Gasteiger partial charge in [0.05, 0.1) is 0 Å². The van der Waals surface area contributed by atoms with Crippen LogP contribution >= 0.6 is 35.7 Å². The fourth-order valence-corrected chi connectivity index (χ4v) is 1.11. The van der Waals surface area contributed by atoms with E-state index in [1.807, 2.05) is 11.8 Å². The van der Waals surface area contributed by atoms with Crippen molar-refractivity contribution in [3.05, 3.63) is 0 Å². The first-order chi connectivity index (χ1) is 6.39. The molecule has 2 N–H and O–H groups in total. The van der Waals surface area contributed by atoms with Crippen molar-refractivity contribution < 1.29 is 0 Å². The topological polar surface area (TPSA) is 36.4 Å². The second-order valence-corrected chi connectivity index (χ2v) is 5.65. The minimum Gasteiger partial charge on any atom is -0.355 e. The molecule has 0 heterocycles. The Hall–Kier alpha value is 0.350. The zero-order chi connectivity index (χ0) is 11.2. The Morgan fingerprint density at radius 2 is 1.93 bits per heavy atom. The predicted octanol–water partition coefficient (Wildman–Crippen LogP) is 2.32. The summed E-state index contributed by atoms with van der Waals surface area (Å²) in [5, 5.41) is 7.21. The highest BCUT2D eigenvalue weighted by Gasteiger charge is 2.11. The summed E-state index contributed by atoms with van der Waals surface area (Å²) in [7, 11) is 1.80. The molecule has 0 aromatic rings. The number of thioether (sulfide) groups is 1. The monoisotopic (exact) mass is 345 g/mol. The van der Waals surface area contributed by atoms with Gasteiger partial charge in [0, 0.05) is 24.4 Å². The van der Waals surface area contributed by atoms with Crippen LogP contribution in [0.5, 0.6) is 0 Å². The minimum atomic E-state index is 0. The second kappa shape index (κ2) is 8.50. The largest absolute Gasteiger partial charge is 0.355 e. The van der Waals surface area contributed by atoms with Crippen LogP contribution in [0.1, 0.15) is 27.7 Å². The van der Waals surface area contributed by atoms with Crippen LogP contribution in [0.2, 0.25) is 0 Å². The Bertz CT molecular complexity index is 190. The fourth-order valence-electron chi connectivity index (χ4n) is 0.858. The molecule has 15 heavy (non-hydrogen) atoms. The molecule has 0 aliphatic rings. The van der Waals surface area contributed by atoms with Gasteiger partial charge in [-0.1, -0.05) is 6.92 Å². The number of halogens is 1.